The third-order valence-corrected chi connectivity index (χ3v) is 5.34. The third kappa shape index (κ3) is 9.21. The standard InChI is InChI=1S/C17H29N3O3S.ClH/c1-3-14(2)20-24(22,23)16-10-8-9-15(13-16)19-17(21)11-6-4-5-7-12-18;/h8-10,13-14,20H,3-7,11-12,18H2,1-2H3,(H,19,21);1H. The summed E-state index contributed by atoms with van der Waals surface area (Å²) >= 11 is 0. The topological polar surface area (TPSA) is 101 Å². The van der Waals surface area contributed by atoms with Gasteiger partial charge in [0.1, 0.15) is 0 Å². The van der Waals surface area contributed by atoms with E-state index in [-0.39, 0.29) is 29.3 Å². The van der Waals surface area contributed by atoms with Gasteiger partial charge < -0.3 is 11.1 Å². The fourth-order valence-corrected chi connectivity index (χ4v) is 3.54. The van der Waals surface area contributed by atoms with Crippen molar-refractivity contribution in [1.82, 2.24) is 4.72 Å². The van der Waals surface area contributed by atoms with Gasteiger partial charge >= 0.3 is 0 Å². The van der Waals surface area contributed by atoms with Crippen molar-refractivity contribution in [3.63, 3.8) is 0 Å². The van der Waals surface area contributed by atoms with Gasteiger partial charge in [0.2, 0.25) is 15.9 Å². The van der Waals surface area contributed by atoms with Crippen molar-refractivity contribution in [2.75, 3.05) is 11.9 Å². The maximum atomic E-state index is 12.3. The molecule has 0 aliphatic carbocycles. The van der Waals surface area contributed by atoms with Crippen molar-refractivity contribution in [3.05, 3.63) is 24.3 Å². The largest absolute Gasteiger partial charge is 0.330 e. The zero-order valence-corrected chi connectivity index (χ0v) is 16.6. The molecule has 0 radical (unpaired) electrons. The van der Waals surface area contributed by atoms with E-state index < -0.39 is 10.0 Å². The molecule has 0 aromatic heterocycles. The molecule has 0 saturated carbocycles. The number of rotatable bonds is 11. The van der Waals surface area contributed by atoms with E-state index >= 15 is 0 Å². The van der Waals surface area contributed by atoms with Crippen LogP contribution in [0.1, 0.15) is 52.4 Å². The van der Waals surface area contributed by atoms with Crippen molar-refractivity contribution < 1.29 is 13.2 Å². The maximum absolute atomic E-state index is 12.3. The molecular weight excluding hydrogens is 362 g/mol. The molecule has 25 heavy (non-hydrogen) atoms. The number of carbonyl (C=O) groups excluding carboxylic acids is 1. The fraction of sp³-hybridized carbons (Fsp3) is 0.588. The molecule has 1 aromatic carbocycles. The monoisotopic (exact) mass is 391 g/mol. The highest BCUT2D eigenvalue weighted by molar-refractivity contribution is 7.89. The quantitative estimate of drug-likeness (QED) is 0.504. The van der Waals surface area contributed by atoms with E-state index in [9.17, 15) is 13.2 Å². The van der Waals surface area contributed by atoms with E-state index in [0.29, 0.717) is 25.1 Å². The number of carbonyl (C=O) groups is 1. The first-order valence-corrected chi connectivity index (χ1v) is 9.99. The summed E-state index contributed by atoms with van der Waals surface area (Å²) in [5.41, 5.74) is 5.92. The lowest BCUT2D eigenvalue weighted by molar-refractivity contribution is -0.116. The second-order valence-electron chi connectivity index (χ2n) is 5.96. The Morgan fingerprint density at radius 2 is 1.88 bits per heavy atom. The second-order valence-corrected chi connectivity index (χ2v) is 7.67. The van der Waals surface area contributed by atoms with Gasteiger partial charge in [-0.15, -0.1) is 12.4 Å². The summed E-state index contributed by atoms with van der Waals surface area (Å²) in [5.74, 6) is -0.104. The van der Waals surface area contributed by atoms with Crippen LogP contribution >= 0.6 is 12.4 Å². The average Bonchev–Trinajstić information content (AvgIpc) is 2.54. The van der Waals surface area contributed by atoms with Crippen molar-refractivity contribution in [2.45, 2.75) is 63.3 Å². The number of halogens is 1. The molecule has 0 aliphatic heterocycles. The first-order chi connectivity index (χ1) is 11.4. The van der Waals surface area contributed by atoms with Gasteiger partial charge in [0.15, 0.2) is 0 Å². The van der Waals surface area contributed by atoms with Gasteiger partial charge in [-0.05, 0) is 50.9 Å². The summed E-state index contributed by atoms with van der Waals surface area (Å²) in [6.07, 6.45) is 4.91. The lowest BCUT2D eigenvalue weighted by Gasteiger charge is -2.13. The predicted octanol–water partition coefficient (Wildman–Crippen LogP) is 3.03. The molecule has 0 bridgehead atoms. The SMILES string of the molecule is CCC(C)NS(=O)(=O)c1cccc(NC(=O)CCCCCCN)c1.Cl. The van der Waals surface area contributed by atoms with Crippen LogP contribution in [0, 0.1) is 0 Å². The van der Waals surface area contributed by atoms with Crippen molar-refractivity contribution >= 4 is 34.0 Å². The van der Waals surface area contributed by atoms with E-state index in [1.54, 1.807) is 12.1 Å². The summed E-state index contributed by atoms with van der Waals surface area (Å²) in [5, 5.41) is 2.76. The van der Waals surface area contributed by atoms with Crippen molar-refractivity contribution in [3.8, 4) is 0 Å². The molecule has 1 rings (SSSR count). The normalized spacial score (nSPS) is 12.3. The molecule has 0 saturated heterocycles. The Labute approximate surface area is 157 Å². The molecule has 1 atom stereocenters. The molecular formula is C17H30ClN3O3S. The molecule has 1 aromatic rings. The average molecular weight is 392 g/mol. The predicted molar refractivity (Wildman–Crippen MR) is 105 cm³/mol. The van der Waals surface area contributed by atoms with Crippen LogP contribution in [0.15, 0.2) is 29.2 Å². The van der Waals surface area contributed by atoms with E-state index in [0.717, 1.165) is 25.7 Å². The van der Waals surface area contributed by atoms with Gasteiger partial charge in [-0.3, -0.25) is 4.79 Å². The summed E-state index contributed by atoms with van der Waals surface area (Å²) in [7, 11) is -3.57. The number of benzene rings is 1. The molecule has 0 aliphatic rings. The Bertz CT molecular complexity index is 623. The Kier molecular flexibility index (Phi) is 11.7. The van der Waals surface area contributed by atoms with Gasteiger partial charge in [-0.1, -0.05) is 25.8 Å². The highest BCUT2D eigenvalue weighted by atomic mass is 35.5. The second kappa shape index (κ2) is 12.2. The number of nitrogens with one attached hydrogen (secondary N) is 2. The minimum Gasteiger partial charge on any atom is -0.330 e. The molecule has 144 valence electrons. The molecule has 6 nitrogen and oxygen atoms in total. The van der Waals surface area contributed by atoms with Gasteiger partial charge in [0.25, 0.3) is 0 Å². The van der Waals surface area contributed by atoms with Crippen LogP contribution in [0.5, 0.6) is 0 Å². The van der Waals surface area contributed by atoms with Crippen LogP contribution in [0.25, 0.3) is 0 Å². The summed E-state index contributed by atoms with van der Waals surface area (Å²) in [4.78, 5) is 12.1. The lowest BCUT2D eigenvalue weighted by Crippen LogP contribution is -2.32. The van der Waals surface area contributed by atoms with E-state index in [1.165, 1.54) is 12.1 Å². The number of hydrogen-bond acceptors (Lipinski definition) is 4. The number of sulfonamides is 1. The van der Waals surface area contributed by atoms with Crippen LogP contribution in [0.4, 0.5) is 5.69 Å². The number of nitrogens with two attached hydrogens (primary N) is 1. The Morgan fingerprint density at radius 1 is 1.20 bits per heavy atom. The van der Waals surface area contributed by atoms with E-state index in [4.69, 9.17) is 5.73 Å². The summed E-state index contributed by atoms with van der Waals surface area (Å²) < 4.78 is 27.2. The molecule has 4 N–H and O–H groups in total. The third-order valence-electron chi connectivity index (χ3n) is 3.75. The summed E-state index contributed by atoms with van der Waals surface area (Å²) in [6.45, 7) is 4.41. The van der Waals surface area contributed by atoms with Crippen LogP contribution in [0.2, 0.25) is 0 Å². The van der Waals surface area contributed by atoms with Crippen LogP contribution in [-0.2, 0) is 14.8 Å². The molecule has 8 heteroatoms. The fourth-order valence-electron chi connectivity index (χ4n) is 2.16. The zero-order valence-electron chi connectivity index (χ0n) is 15.0. The maximum Gasteiger partial charge on any atom is 0.240 e. The number of unbranched alkanes of at least 4 members (excludes halogenated alkanes) is 3. The van der Waals surface area contributed by atoms with Crippen LogP contribution in [-0.4, -0.2) is 26.9 Å². The van der Waals surface area contributed by atoms with E-state index in [1.807, 2.05) is 13.8 Å². The molecule has 1 unspecified atom stereocenters. The Morgan fingerprint density at radius 3 is 2.52 bits per heavy atom. The minimum atomic E-state index is -3.57. The number of amides is 1. The van der Waals surface area contributed by atoms with Crippen molar-refractivity contribution in [1.29, 1.82) is 0 Å². The Hall–Kier alpha value is -1.15. The minimum absolute atomic E-state index is 0. The van der Waals surface area contributed by atoms with Gasteiger partial charge in [0, 0.05) is 18.2 Å². The number of anilines is 1. The highest BCUT2D eigenvalue weighted by Gasteiger charge is 2.17. The summed E-state index contributed by atoms with van der Waals surface area (Å²) in [6, 6.07) is 6.18. The van der Waals surface area contributed by atoms with Gasteiger partial charge in [0.05, 0.1) is 4.90 Å². The number of hydrogen-bond donors (Lipinski definition) is 3. The molecule has 0 heterocycles. The molecule has 1 amide bonds. The van der Waals surface area contributed by atoms with Crippen molar-refractivity contribution in [2.24, 2.45) is 5.73 Å². The lowest BCUT2D eigenvalue weighted by atomic mass is 10.1. The Balaban J connectivity index is 0.00000576. The first kappa shape index (κ1) is 23.9. The van der Waals surface area contributed by atoms with Gasteiger partial charge in [-0.25, -0.2) is 13.1 Å². The van der Waals surface area contributed by atoms with E-state index in [2.05, 4.69) is 10.0 Å². The smallest absolute Gasteiger partial charge is 0.240 e. The van der Waals surface area contributed by atoms with Crippen LogP contribution < -0.4 is 15.8 Å². The zero-order chi connectivity index (χ0) is 18.0. The first-order valence-electron chi connectivity index (χ1n) is 8.51. The highest BCUT2D eigenvalue weighted by Crippen LogP contribution is 2.16. The molecule has 0 fully saturated rings. The van der Waals surface area contributed by atoms with Gasteiger partial charge in [-0.2, -0.15) is 0 Å². The van der Waals surface area contributed by atoms with Crippen LogP contribution in [0.3, 0.4) is 0 Å². The molecule has 0 spiro atoms.